The van der Waals surface area contributed by atoms with Gasteiger partial charge in [0.1, 0.15) is 6.04 Å². The predicted octanol–water partition coefficient (Wildman–Crippen LogP) is 1.67. The fourth-order valence-corrected chi connectivity index (χ4v) is 2.70. The number of hydrogen-bond acceptors (Lipinski definition) is 4. The lowest BCUT2D eigenvalue weighted by molar-refractivity contribution is -0.147. The van der Waals surface area contributed by atoms with Crippen molar-refractivity contribution in [1.82, 2.24) is 5.32 Å². The number of anilines is 1. The number of aryl methyl sites for hydroxylation is 1. The summed E-state index contributed by atoms with van der Waals surface area (Å²) in [6, 6.07) is 7.05. The minimum Gasteiger partial charge on any atom is -0.464 e. The van der Waals surface area contributed by atoms with Crippen molar-refractivity contribution in [3.8, 4) is 0 Å². The first-order chi connectivity index (χ1) is 11.5. The molecule has 1 aromatic carbocycles. The van der Waals surface area contributed by atoms with Crippen LogP contribution in [0.4, 0.5) is 5.69 Å². The van der Waals surface area contributed by atoms with Gasteiger partial charge in [-0.2, -0.15) is 0 Å². The number of rotatable bonds is 6. The van der Waals surface area contributed by atoms with Crippen LogP contribution in [-0.4, -0.2) is 37.0 Å². The summed E-state index contributed by atoms with van der Waals surface area (Å²) in [5, 5.41) is 2.62. The Labute approximate surface area is 142 Å². The zero-order valence-electron chi connectivity index (χ0n) is 14.4. The van der Waals surface area contributed by atoms with E-state index in [1.807, 2.05) is 24.3 Å². The second kappa shape index (κ2) is 7.95. The molecule has 0 saturated carbocycles. The number of carbonyl (C=O) groups excluding carboxylic acids is 3. The lowest BCUT2D eigenvalue weighted by Gasteiger charge is -2.18. The summed E-state index contributed by atoms with van der Waals surface area (Å²) in [5.41, 5.74) is 1.99. The molecule has 1 aliphatic heterocycles. The molecule has 6 heteroatoms. The maximum atomic E-state index is 12.3. The van der Waals surface area contributed by atoms with Gasteiger partial charge in [0.25, 0.3) is 0 Å². The first-order valence-corrected chi connectivity index (χ1v) is 8.32. The molecule has 24 heavy (non-hydrogen) atoms. The normalized spacial score (nSPS) is 18.4. The van der Waals surface area contributed by atoms with Crippen molar-refractivity contribution in [2.24, 2.45) is 5.92 Å². The van der Waals surface area contributed by atoms with Crippen LogP contribution in [0.25, 0.3) is 0 Å². The molecule has 2 unspecified atom stereocenters. The van der Waals surface area contributed by atoms with Crippen molar-refractivity contribution in [2.45, 2.75) is 39.7 Å². The lowest BCUT2D eigenvalue weighted by atomic mass is 10.1. The van der Waals surface area contributed by atoms with Crippen LogP contribution in [0.3, 0.4) is 0 Å². The molecular weight excluding hydrogens is 308 g/mol. The van der Waals surface area contributed by atoms with Crippen LogP contribution in [0, 0.1) is 5.92 Å². The number of amides is 2. The molecule has 1 N–H and O–H groups in total. The van der Waals surface area contributed by atoms with Crippen LogP contribution >= 0.6 is 0 Å². The topological polar surface area (TPSA) is 75.7 Å². The van der Waals surface area contributed by atoms with E-state index in [4.69, 9.17) is 4.74 Å². The van der Waals surface area contributed by atoms with Crippen molar-refractivity contribution in [3.05, 3.63) is 29.8 Å². The van der Waals surface area contributed by atoms with Gasteiger partial charge in [-0.15, -0.1) is 0 Å². The van der Waals surface area contributed by atoms with E-state index in [1.54, 1.807) is 18.7 Å². The summed E-state index contributed by atoms with van der Waals surface area (Å²) >= 11 is 0. The third-order valence-electron chi connectivity index (χ3n) is 4.15. The first-order valence-electron chi connectivity index (χ1n) is 8.32. The van der Waals surface area contributed by atoms with E-state index in [2.05, 4.69) is 12.2 Å². The second-order valence-electron chi connectivity index (χ2n) is 5.91. The summed E-state index contributed by atoms with van der Waals surface area (Å²) in [4.78, 5) is 37.7. The van der Waals surface area contributed by atoms with Gasteiger partial charge in [-0.25, -0.2) is 4.79 Å². The highest BCUT2D eigenvalue weighted by Gasteiger charge is 2.36. The largest absolute Gasteiger partial charge is 0.464 e. The number of esters is 1. The number of nitrogens with one attached hydrogen (secondary N) is 1. The minimum atomic E-state index is -0.717. The van der Waals surface area contributed by atoms with Crippen LogP contribution in [0.2, 0.25) is 0 Å². The highest BCUT2D eigenvalue weighted by Crippen LogP contribution is 2.25. The molecule has 0 bridgehead atoms. The molecule has 0 aromatic heterocycles. The molecule has 1 saturated heterocycles. The average molecular weight is 332 g/mol. The third-order valence-corrected chi connectivity index (χ3v) is 4.15. The molecule has 1 aromatic rings. The summed E-state index contributed by atoms with van der Waals surface area (Å²) in [5.74, 6) is -1.30. The third kappa shape index (κ3) is 4.13. The van der Waals surface area contributed by atoms with Gasteiger partial charge in [-0.1, -0.05) is 19.1 Å². The molecular formula is C18H24N2O4. The van der Waals surface area contributed by atoms with Crippen LogP contribution in [0.1, 0.15) is 32.8 Å². The van der Waals surface area contributed by atoms with Gasteiger partial charge in [-0.3, -0.25) is 9.59 Å². The van der Waals surface area contributed by atoms with Gasteiger partial charge in [-0.05, 0) is 38.0 Å². The smallest absolute Gasteiger partial charge is 0.328 e. The van der Waals surface area contributed by atoms with Gasteiger partial charge >= 0.3 is 5.97 Å². The van der Waals surface area contributed by atoms with Crippen molar-refractivity contribution in [2.75, 3.05) is 18.1 Å². The second-order valence-corrected chi connectivity index (χ2v) is 5.91. The van der Waals surface area contributed by atoms with E-state index in [0.29, 0.717) is 6.54 Å². The highest BCUT2D eigenvalue weighted by molar-refractivity contribution is 6.00. The number of benzene rings is 1. The van der Waals surface area contributed by atoms with Crippen molar-refractivity contribution in [3.63, 3.8) is 0 Å². The van der Waals surface area contributed by atoms with E-state index in [0.717, 1.165) is 12.1 Å². The Morgan fingerprint density at radius 1 is 1.29 bits per heavy atom. The zero-order valence-corrected chi connectivity index (χ0v) is 14.4. The fourth-order valence-electron chi connectivity index (χ4n) is 2.70. The predicted molar refractivity (Wildman–Crippen MR) is 90.5 cm³/mol. The zero-order chi connectivity index (χ0) is 17.7. The Morgan fingerprint density at radius 2 is 1.96 bits per heavy atom. The van der Waals surface area contributed by atoms with E-state index >= 15 is 0 Å². The number of nitrogens with zero attached hydrogens (tertiary/aromatic N) is 1. The van der Waals surface area contributed by atoms with E-state index in [-0.39, 0.29) is 24.8 Å². The molecule has 0 aliphatic carbocycles. The van der Waals surface area contributed by atoms with Gasteiger partial charge in [0.2, 0.25) is 11.8 Å². The Balaban J connectivity index is 1.98. The van der Waals surface area contributed by atoms with Crippen LogP contribution in [0.5, 0.6) is 0 Å². The van der Waals surface area contributed by atoms with Gasteiger partial charge in [0, 0.05) is 18.7 Å². The van der Waals surface area contributed by atoms with Gasteiger partial charge in [0.15, 0.2) is 0 Å². The maximum absolute atomic E-state index is 12.3. The van der Waals surface area contributed by atoms with E-state index in [9.17, 15) is 14.4 Å². The fraction of sp³-hybridized carbons (Fsp3) is 0.500. The van der Waals surface area contributed by atoms with Crippen molar-refractivity contribution >= 4 is 23.5 Å². The quantitative estimate of drug-likeness (QED) is 0.804. The minimum absolute atomic E-state index is 0.0804. The van der Waals surface area contributed by atoms with Gasteiger partial charge in [0.05, 0.1) is 12.5 Å². The van der Waals surface area contributed by atoms with Crippen LogP contribution in [-0.2, 0) is 25.5 Å². The van der Waals surface area contributed by atoms with Gasteiger partial charge < -0.3 is 15.0 Å². The summed E-state index contributed by atoms with van der Waals surface area (Å²) < 4.78 is 4.87. The van der Waals surface area contributed by atoms with Crippen LogP contribution < -0.4 is 10.2 Å². The maximum Gasteiger partial charge on any atom is 0.328 e. The SMILES string of the molecule is CCOC(=O)C(C)NC(=O)C1CC(=O)N(c2ccc(CC)cc2)C1. The lowest BCUT2D eigenvalue weighted by Crippen LogP contribution is -2.43. The highest BCUT2D eigenvalue weighted by atomic mass is 16.5. The molecule has 0 radical (unpaired) electrons. The first kappa shape index (κ1) is 18.0. The molecule has 1 aliphatic rings. The molecule has 2 atom stereocenters. The van der Waals surface area contributed by atoms with Crippen molar-refractivity contribution in [1.29, 1.82) is 0 Å². The molecule has 1 fully saturated rings. The Hall–Kier alpha value is -2.37. The summed E-state index contributed by atoms with van der Waals surface area (Å²) in [6.45, 7) is 5.95. The average Bonchev–Trinajstić information content (AvgIpc) is 2.97. The molecule has 2 rings (SSSR count). The number of carbonyl (C=O) groups is 3. The Morgan fingerprint density at radius 3 is 2.54 bits per heavy atom. The monoisotopic (exact) mass is 332 g/mol. The number of ether oxygens (including phenoxy) is 1. The van der Waals surface area contributed by atoms with Crippen LogP contribution in [0.15, 0.2) is 24.3 Å². The molecule has 0 spiro atoms. The van der Waals surface area contributed by atoms with E-state index < -0.39 is 17.9 Å². The molecule has 130 valence electrons. The van der Waals surface area contributed by atoms with Crippen molar-refractivity contribution < 1.29 is 19.1 Å². The molecule has 6 nitrogen and oxygen atoms in total. The molecule has 1 heterocycles. The summed E-state index contributed by atoms with van der Waals surface area (Å²) in [6.07, 6.45) is 1.09. The Kier molecular flexibility index (Phi) is 5.95. The number of hydrogen-bond donors (Lipinski definition) is 1. The molecule has 2 amide bonds. The standard InChI is InChI=1S/C18H24N2O4/c1-4-13-6-8-15(9-7-13)20-11-14(10-16(20)21)17(22)19-12(3)18(23)24-5-2/h6-9,12,14H,4-5,10-11H2,1-3H3,(H,19,22). The Bertz CT molecular complexity index is 612. The summed E-state index contributed by atoms with van der Waals surface area (Å²) in [7, 11) is 0. The van der Waals surface area contributed by atoms with E-state index in [1.165, 1.54) is 5.56 Å².